The monoisotopic (exact) mass is 182 g/mol. The van der Waals surface area contributed by atoms with E-state index in [1.165, 1.54) is 0 Å². The first-order chi connectivity index (χ1) is 7.00. The summed E-state index contributed by atoms with van der Waals surface area (Å²) in [5.41, 5.74) is 0. The Morgan fingerprint density at radius 1 is 0.143 bits per heavy atom. The van der Waals surface area contributed by atoms with Crippen LogP contribution in [0.4, 0.5) is 0 Å². The van der Waals surface area contributed by atoms with Gasteiger partial charge in [-0.25, -0.2) is 0 Å². The lowest BCUT2D eigenvalue weighted by Crippen LogP contribution is -1.47. The quantitative estimate of drug-likeness (QED) is 0.570. The predicted molar refractivity (Wildman–Crippen MR) is 61.7 cm³/mol. The first-order valence-electron chi connectivity index (χ1n) is 4.67. The molecule has 0 aromatic heterocycles. The van der Waals surface area contributed by atoms with Crippen molar-refractivity contribution in [3.05, 3.63) is 84.9 Å². The Labute approximate surface area is 85.5 Å². The summed E-state index contributed by atoms with van der Waals surface area (Å²) < 4.78 is 0. The lowest BCUT2D eigenvalue weighted by Gasteiger charge is -1.69. The average Bonchev–Trinajstić information content (AvgIpc) is 2.22. The summed E-state index contributed by atoms with van der Waals surface area (Å²) in [7, 11) is 0. The molecule has 0 aliphatic carbocycles. The molecule has 14 heavy (non-hydrogen) atoms. The molecular formula is C14H14. The van der Waals surface area contributed by atoms with E-state index in [4.69, 9.17) is 0 Å². The van der Waals surface area contributed by atoms with Gasteiger partial charge in [-0.05, 0) is 0 Å². The van der Waals surface area contributed by atoms with Crippen molar-refractivity contribution in [3.63, 3.8) is 0 Å². The minimum Gasteiger partial charge on any atom is -0.0623 e. The smallest absolute Gasteiger partial charge is 0.0623 e. The van der Waals surface area contributed by atoms with Crippen LogP contribution in [0.2, 0.25) is 0 Å². The molecule has 0 heterocycles. The fraction of sp³-hybridized carbons (Fsp3) is 0. The minimum absolute atomic E-state index is 2.00. The topological polar surface area (TPSA) is 0 Å². The molecule has 70 valence electrons. The van der Waals surface area contributed by atoms with E-state index in [1.807, 2.05) is 84.9 Å². The molecule has 0 fully saturated rings. The van der Waals surface area contributed by atoms with Gasteiger partial charge in [0.05, 0.1) is 0 Å². The molecule has 0 saturated heterocycles. The van der Waals surface area contributed by atoms with Crippen molar-refractivity contribution in [3.8, 4) is 0 Å². The maximum atomic E-state index is 2.00. The van der Waals surface area contributed by atoms with E-state index in [9.17, 15) is 0 Å². The van der Waals surface area contributed by atoms with Gasteiger partial charge in [0.25, 0.3) is 0 Å². The van der Waals surface area contributed by atoms with E-state index in [1.54, 1.807) is 0 Å². The van der Waals surface area contributed by atoms with Crippen molar-refractivity contribution in [2.24, 2.45) is 0 Å². The Hall–Kier alpha value is -1.82. The van der Waals surface area contributed by atoms with Gasteiger partial charge in [0.2, 0.25) is 0 Å². The fourth-order valence-electron chi connectivity index (χ4n) is 0.898. The first kappa shape index (κ1) is 10.3. The van der Waals surface area contributed by atoms with Gasteiger partial charge >= 0.3 is 0 Å². The Morgan fingerprint density at radius 2 is 0.214 bits per heavy atom. The summed E-state index contributed by atoms with van der Waals surface area (Å²) in [6.45, 7) is 0. The van der Waals surface area contributed by atoms with Crippen LogP contribution in [0, 0.1) is 0 Å². The highest BCUT2D eigenvalue weighted by Gasteiger charge is 1.58. The molecule has 0 saturated carbocycles. The third-order valence-corrected chi connectivity index (χ3v) is 1.56. The molecule has 0 radical (unpaired) electrons. The van der Waals surface area contributed by atoms with Crippen molar-refractivity contribution < 1.29 is 0 Å². The third-order valence-electron chi connectivity index (χ3n) is 1.56. The standard InChI is InChI=1S/C14H14/c1-2-4-6-8-10-12-14-13-11-9-7-5-3-1/h1-14H. The van der Waals surface area contributed by atoms with Crippen LogP contribution >= 0.6 is 0 Å². The van der Waals surface area contributed by atoms with E-state index >= 15 is 0 Å². The van der Waals surface area contributed by atoms with Crippen LogP contribution < -0.4 is 0 Å². The lowest BCUT2D eigenvalue weighted by molar-refractivity contribution is 1.72. The summed E-state index contributed by atoms with van der Waals surface area (Å²) in [5, 5.41) is 0. The zero-order valence-electron chi connectivity index (χ0n) is 8.08. The Bertz CT molecular complexity index is 213. The van der Waals surface area contributed by atoms with Gasteiger partial charge in [0.1, 0.15) is 0 Å². The molecule has 1 rings (SSSR count). The van der Waals surface area contributed by atoms with Crippen LogP contribution in [0.15, 0.2) is 84.9 Å². The molecule has 0 heteroatoms. The maximum absolute atomic E-state index is 2.00. The van der Waals surface area contributed by atoms with E-state index in [2.05, 4.69) is 0 Å². The molecule has 0 unspecified atom stereocenters. The van der Waals surface area contributed by atoms with Crippen molar-refractivity contribution >= 4 is 0 Å². The second-order valence-electron chi connectivity index (χ2n) is 2.69. The van der Waals surface area contributed by atoms with Crippen LogP contribution in [-0.2, 0) is 0 Å². The highest BCUT2D eigenvalue weighted by atomic mass is 13.7. The van der Waals surface area contributed by atoms with Crippen LogP contribution in [0.3, 0.4) is 0 Å². The van der Waals surface area contributed by atoms with Crippen LogP contribution in [0.25, 0.3) is 0 Å². The van der Waals surface area contributed by atoms with E-state index in [0.29, 0.717) is 0 Å². The van der Waals surface area contributed by atoms with Crippen LogP contribution in [-0.4, -0.2) is 0 Å². The molecule has 0 N–H and O–H groups in total. The molecule has 1 aromatic carbocycles. The largest absolute Gasteiger partial charge is 0.0623 e. The first-order valence-corrected chi connectivity index (χ1v) is 4.67. The molecule has 0 bridgehead atoms. The van der Waals surface area contributed by atoms with Gasteiger partial charge in [0.15, 0.2) is 0 Å². The van der Waals surface area contributed by atoms with Crippen LogP contribution in [0.5, 0.6) is 0 Å². The third kappa shape index (κ3) is 5.78. The van der Waals surface area contributed by atoms with Crippen molar-refractivity contribution in [2.45, 2.75) is 0 Å². The zero-order valence-corrected chi connectivity index (χ0v) is 8.08. The molecular weight excluding hydrogens is 168 g/mol. The molecule has 0 atom stereocenters. The summed E-state index contributed by atoms with van der Waals surface area (Å²) in [5.74, 6) is 0. The molecule has 1 aromatic rings. The van der Waals surface area contributed by atoms with Crippen LogP contribution in [0.1, 0.15) is 0 Å². The van der Waals surface area contributed by atoms with Crippen molar-refractivity contribution in [1.29, 1.82) is 0 Å². The Balaban J connectivity index is 3.00. The highest BCUT2D eigenvalue weighted by molar-refractivity contribution is 4.99. The van der Waals surface area contributed by atoms with E-state index in [-0.39, 0.29) is 0 Å². The van der Waals surface area contributed by atoms with Gasteiger partial charge in [-0.1, -0.05) is 84.9 Å². The molecule has 0 nitrogen and oxygen atoms in total. The maximum Gasteiger partial charge on any atom is -0.0623 e. The molecule has 0 spiro atoms. The minimum atomic E-state index is 2.00. The Morgan fingerprint density at radius 3 is 0.286 bits per heavy atom. The number of hydrogen-bond donors (Lipinski definition) is 0. The van der Waals surface area contributed by atoms with Crippen molar-refractivity contribution in [1.82, 2.24) is 0 Å². The lowest BCUT2D eigenvalue weighted by atomic mass is 10.4. The average molecular weight is 182 g/mol. The number of rotatable bonds is 0. The van der Waals surface area contributed by atoms with Gasteiger partial charge in [-0.15, -0.1) is 0 Å². The second kappa shape index (κ2) is 7.81. The number of hydrogen-bond acceptors (Lipinski definition) is 0. The second-order valence-corrected chi connectivity index (χ2v) is 2.69. The van der Waals surface area contributed by atoms with E-state index < -0.39 is 0 Å². The van der Waals surface area contributed by atoms with E-state index in [0.717, 1.165) is 0 Å². The summed E-state index contributed by atoms with van der Waals surface area (Å²) >= 11 is 0. The molecule has 0 aliphatic heterocycles. The van der Waals surface area contributed by atoms with Gasteiger partial charge in [-0.3, -0.25) is 0 Å². The highest BCUT2D eigenvalue weighted by Crippen LogP contribution is 1.80. The normalized spacial score (nSPS) is 8.00. The SMILES string of the molecule is c1ccccccccccccc1. The predicted octanol–water partition coefficient (Wildman–Crippen LogP) is 3.94. The summed E-state index contributed by atoms with van der Waals surface area (Å²) in [4.78, 5) is 0. The van der Waals surface area contributed by atoms with Gasteiger partial charge < -0.3 is 0 Å². The van der Waals surface area contributed by atoms with Gasteiger partial charge in [-0.2, -0.15) is 0 Å². The fourth-order valence-corrected chi connectivity index (χ4v) is 0.898. The molecule has 0 aliphatic rings. The van der Waals surface area contributed by atoms with Gasteiger partial charge in [0, 0.05) is 0 Å². The van der Waals surface area contributed by atoms with Crippen molar-refractivity contribution in [2.75, 3.05) is 0 Å². The zero-order chi connectivity index (χ0) is 9.90. The summed E-state index contributed by atoms with van der Waals surface area (Å²) in [6.07, 6.45) is 0. The Kier molecular flexibility index (Phi) is 5.72. The summed E-state index contributed by atoms with van der Waals surface area (Å²) in [6, 6.07) is 28.0. The molecule has 0 amide bonds.